The van der Waals surface area contributed by atoms with Crippen molar-refractivity contribution >= 4 is 22.1 Å². The molecular weight excluding hydrogens is 454 g/mol. The van der Waals surface area contributed by atoms with E-state index in [2.05, 4.69) is 6.92 Å². The Morgan fingerprint density at radius 2 is 1.09 bits per heavy atom. The molecule has 0 aliphatic rings. The average Bonchev–Trinajstić information content (AvgIpc) is 2.66. The number of carboxylic acids is 2. The van der Waals surface area contributed by atoms with Crippen molar-refractivity contribution in [2.75, 3.05) is 6.61 Å². The summed E-state index contributed by atoms with van der Waals surface area (Å²) in [6.07, 6.45) is 12.3. The molecule has 0 fully saturated rings. The Hall–Kier alpha value is 0.0700. The van der Waals surface area contributed by atoms with Crippen LogP contribution in [-0.2, 0) is 23.9 Å². The number of aliphatic carboxylic acids is 2. The Labute approximate surface area is 238 Å². The topological polar surface area (TPSA) is 124 Å². The Kier molecular flexibility index (Phi) is 33.5. The first-order valence-electron chi connectivity index (χ1n) is 10.4. The van der Waals surface area contributed by atoms with Crippen molar-refractivity contribution in [2.45, 2.75) is 89.9 Å². The van der Waals surface area contributed by atoms with Gasteiger partial charge in [-0.25, -0.2) is 0 Å². The predicted molar refractivity (Wildman–Crippen MR) is 113 cm³/mol. The molecule has 1 rings (SSSR count). The third-order valence-corrected chi connectivity index (χ3v) is 5.09. The maximum Gasteiger partial charge on any atom is 1.00 e. The van der Waals surface area contributed by atoms with Crippen LogP contribution in [0.1, 0.15) is 85.0 Å². The quantitative estimate of drug-likeness (QED) is 0.162. The molecule has 0 aromatic heterocycles. The van der Waals surface area contributed by atoms with E-state index in [0.29, 0.717) is 0 Å². The van der Waals surface area contributed by atoms with Gasteiger partial charge in [-0.05, 0) is 32.4 Å². The second-order valence-electron chi connectivity index (χ2n) is 6.75. The number of hydrogen-bond acceptors (Lipinski definition) is 7. The van der Waals surface area contributed by atoms with Crippen molar-refractivity contribution in [2.24, 2.45) is 0 Å². The first-order valence-corrected chi connectivity index (χ1v) is 11.8. The third kappa shape index (κ3) is 32.3. The molecule has 0 bridgehead atoms. The summed E-state index contributed by atoms with van der Waals surface area (Å²) in [5.74, 6) is -2.17. The van der Waals surface area contributed by atoms with Gasteiger partial charge in [-0.3, -0.25) is 4.18 Å². The van der Waals surface area contributed by atoms with Gasteiger partial charge in [0.25, 0.3) is 10.1 Å². The van der Waals surface area contributed by atoms with Gasteiger partial charge in [-0.1, -0.05) is 82.9 Å². The second-order valence-corrected chi connectivity index (χ2v) is 8.37. The number of carboxylic acid groups (broad SMARTS) is 2. The second kappa shape index (κ2) is 27.3. The van der Waals surface area contributed by atoms with E-state index in [1.165, 1.54) is 51.4 Å². The average molecular weight is 491 g/mol. The normalized spacial score (nSPS) is 9.59. The summed E-state index contributed by atoms with van der Waals surface area (Å²) in [7, 11) is -3.57. The van der Waals surface area contributed by atoms with E-state index in [0.717, 1.165) is 26.7 Å². The Balaban J connectivity index is -0.000000338. The van der Waals surface area contributed by atoms with E-state index in [1.54, 1.807) is 30.3 Å². The molecule has 0 atom stereocenters. The summed E-state index contributed by atoms with van der Waals surface area (Å²) >= 11 is 0. The van der Waals surface area contributed by atoms with Crippen LogP contribution in [0.4, 0.5) is 0 Å². The van der Waals surface area contributed by atoms with Crippen LogP contribution in [0, 0.1) is 0 Å². The van der Waals surface area contributed by atoms with Crippen molar-refractivity contribution in [1.29, 1.82) is 0 Å². The molecule has 0 spiro atoms. The zero-order valence-corrected chi connectivity index (χ0v) is 25.2. The Morgan fingerprint density at radius 1 is 0.750 bits per heavy atom. The van der Waals surface area contributed by atoms with E-state index in [4.69, 9.17) is 24.0 Å². The van der Waals surface area contributed by atoms with Gasteiger partial charge in [0.1, 0.15) is 0 Å². The molecule has 0 aliphatic heterocycles. The molecule has 0 N–H and O–H groups in total. The zero-order chi connectivity index (χ0) is 23.3. The van der Waals surface area contributed by atoms with Crippen molar-refractivity contribution < 1.29 is 91.5 Å². The fourth-order valence-corrected chi connectivity index (χ4v) is 3.38. The number of rotatable bonds is 13. The third-order valence-electron chi connectivity index (χ3n) is 3.77. The van der Waals surface area contributed by atoms with Crippen molar-refractivity contribution in [1.82, 2.24) is 0 Å². The fourth-order valence-electron chi connectivity index (χ4n) is 2.41. The maximum atomic E-state index is 11.9. The molecule has 0 saturated heterocycles. The van der Waals surface area contributed by atoms with Crippen LogP contribution in [0.2, 0.25) is 0 Å². The van der Waals surface area contributed by atoms with Crippen molar-refractivity contribution in [3.05, 3.63) is 30.3 Å². The summed E-state index contributed by atoms with van der Waals surface area (Å²) in [4.78, 5) is 18.0. The number of hydrogen-bond donors (Lipinski definition) is 0. The van der Waals surface area contributed by atoms with Gasteiger partial charge in [0.05, 0.1) is 11.5 Å². The van der Waals surface area contributed by atoms with Gasteiger partial charge in [-0.2, -0.15) is 8.42 Å². The van der Waals surface area contributed by atoms with Crippen LogP contribution >= 0.6 is 0 Å². The monoisotopic (exact) mass is 490 g/mol. The van der Waals surface area contributed by atoms with Crippen molar-refractivity contribution in [3.63, 3.8) is 0 Å². The summed E-state index contributed by atoms with van der Waals surface area (Å²) < 4.78 is 28.8. The molecule has 1 aromatic carbocycles. The van der Waals surface area contributed by atoms with Crippen LogP contribution in [0.25, 0.3) is 0 Å². The summed E-state index contributed by atoms with van der Waals surface area (Å²) in [5, 5.41) is 17.8. The Bertz CT molecular complexity index is 634. The number of unbranched alkanes of at least 4 members (excludes halogenated alkanes) is 9. The molecule has 174 valence electrons. The van der Waals surface area contributed by atoms with E-state index >= 15 is 0 Å². The van der Waals surface area contributed by atoms with Crippen LogP contribution in [-0.4, -0.2) is 27.0 Å². The largest absolute Gasteiger partial charge is 1.00 e. The first-order chi connectivity index (χ1) is 14.1. The standard InChI is InChI=1S/C18H30O3S.2C2H4O2.2Na/c1-2-3-4-5-6-7-8-9-10-14-17-21-22(19,20)18-15-12-11-13-16-18;2*1-2(3)4;;/h11-13,15-16H,2-10,14,17H2,1H3;2*1H3,(H,3,4);;/q;;;2*+1/p-2. The number of benzene rings is 1. The molecule has 7 nitrogen and oxygen atoms in total. The molecule has 0 heterocycles. The van der Waals surface area contributed by atoms with E-state index in [1.807, 2.05) is 0 Å². The molecule has 0 aliphatic carbocycles. The van der Waals surface area contributed by atoms with Crippen LogP contribution in [0.5, 0.6) is 0 Å². The van der Waals surface area contributed by atoms with Gasteiger partial charge in [-0.15, -0.1) is 0 Å². The smallest absolute Gasteiger partial charge is 0.550 e. The van der Waals surface area contributed by atoms with E-state index in [9.17, 15) is 8.42 Å². The molecule has 0 unspecified atom stereocenters. The minimum absolute atomic E-state index is 0. The molecule has 0 saturated carbocycles. The summed E-state index contributed by atoms with van der Waals surface area (Å²) in [5.41, 5.74) is 0. The van der Waals surface area contributed by atoms with Crippen molar-refractivity contribution in [3.8, 4) is 0 Å². The van der Waals surface area contributed by atoms with Crippen LogP contribution in [0.3, 0.4) is 0 Å². The van der Waals surface area contributed by atoms with Crippen LogP contribution < -0.4 is 69.3 Å². The van der Waals surface area contributed by atoms with Gasteiger partial charge in [0.2, 0.25) is 0 Å². The summed E-state index contributed by atoms with van der Waals surface area (Å²) in [6.45, 7) is 4.47. The number of carbonyl (C=O) groups is 2. The fraction of sp³-hybridized carbons (Fsp3) is 0.636. The molecular formula is C22H36Na2O7S. The van der Waals surface area contributed by atoms with E-state index in [-0.39, 0.29) is 70.6 Å². The minimum Gasteiger partial charge on any atom is -0.550 e. The zero-order valence-electron chi connectivity index (χ0n) is 20.4. The molecule has 1 aromatic rings. The molecule has 0 radical (unpaired) electrons. The Morgan fingerprint density at radius 3 is 1.47 bits per heavy atom. The minimum atomic E-state index is -3.57. The molecule has 10 heteroatoms. The maximum absolute atomic E-state index is 11.9. The first kappa shape index (κ1) is 39.3. The SMILES string of the molecule is CC(=O)[O-].CC(=O)[O-].CCCCCCCCCCCCOS(=O)(=O)c1ccccc1.[Na+].[Na+]. The van der Waals surface area contributed by atoms with Gasteiger partial charge in [0, 0.05) is 11.9 Å². The van der Waals surface area contributed by atoms with E-state index < -0.39 is 22.1 Å². The molecule has 0 amide bonds. The van der Waals surface area contributed by atoms with Crippen LogP contribution in [0.15, 0.2) is 35.2 Å². The van der Waals surface area contributed by atoms with Gasteiger partial charge < -0.3 is 19.8 Å². The van der Waals surface area contributed by atoms with Gasteiger partial charge in [0.15, 0.2) is 0 Å². The summed E-state index contributed by atoms with van der Waals surface area (Å²) in [6, 6.07) is 8.33. The predicted octanol–water partition coefficient (Wildman–Crippen LogP) is -3.17. The molecule has 32 heavy (non-hydrogen) atoms. The number of carbonyl (C=O) groups excluding carboxylic acids is 2. The van der Waals surface area contributed by atoms with Gasteiger partial charge >= 0.3 is 59.1 Å².